The highest BCUT2D eigenvalue weighted by Crippen LogP contribution is 2.39. The highest BCUT2D eigenvalue weighted by Gasteiger charge is 2.29. The summed E-state index contributed by atoms with van der Waals surface area (Å²) in [5, 5.41) is 1.16. The molecule has 1 rings (SSSR count). The van der Waals surface area contributed by atoms with Gasteiger partial charge in [0.15, 0.2) is 0 Å². The molecule has 0 spiro atoms. The summed E-state index contributed by atoms with van der Waals surface area (Å²) in [6.45, 7) is 8.69. The molecule has 0 amide bonds. The monoisotopic (exact) mass is 257 g/mol. The fourth-order valence-corrected chi connectivity index (χ4v) is 3.20. The van der Waals surface area contributed by atoms with E-state index < -0.39 is 0 Å². The Morgan fingerprint density at radius 3 is 2.25 bits per heavy atom. The van der Waals surface area contributed by atoms with Gasteiger partial charge in [-0.2, -0.15) is 0 Å². The molecule has 0 bridgehead atoms. The molecule has 0 aliphatic rings. The van der Waals surface area contributed by atoms with Crippen LogP contribution in [0.1, 0.15) is 27.7 Å². The fraction of sp³-hybridized carbons (Fsp3) is 0.538. The van der Waals surface area contributed by atoms with Gasteiger partial charge in [-0.1, -0.05) is 44.5 Å². The molecule has 0 aliphatic heterocycles. The molecule has 0 saturated carbocycles. The van der Waals surface area contributed by atoms with Crippen molar-refractivity contribution in [2.75, 3.05) is 0 Å². The first-order valence-corrected chi connectivity index (χ1v) is 6.75. The van der Waals surface area contributed by atoms with Crippen molar-refractivity contribution in [2.24, 2.45) is 11.1 Å². The predicted octanol–water partition coefficient (Wildman–Crippen LogP) is 4.19. The summed E-state index contributed by atoms with van der Waals surface area (Å²) in [7, 11) is 0. The van der Waals surface area contributed by atoms with Gasteiger partial charge < -0.3 is 5.73 Å². The zero-order valence-electron chi connectivity index (χ0n) is 10.3. The molecule has 2 N–H and O–H groups in total. The van der Waals surface area contributed by atoms with E-state index in [-0.39, 0.29) is 11.5 Å². The van der Waals surface area contributed by atoms with Gasteiger partial charge in [-0.3, -0.25) is 0 Å². The first kappa shape index (κ1) is 13.9. The lowest BCUT2D eigenvalue weighted by molar-refractivity contribution is 0.363. The average molecular weight is 258 g/mol. The van der Waals surface area contributed by atoms with Gasteiger partial charge in [-0.15, -0.1) is 11.8 Å². The van der Waals surface area contributed by atoms with Crippen LogP contribution in [-0.2, 0) is 0 Å². The minimum Gasteiger partial charge on any atom is -0.327 e. The number of benzene rings is 1. The molecule has 0 heterocycles. The van der Waals surface area contributed by atoms with Gasteiger partial charge in [-0.05, 0) is 24.5 Å². The van der Waals surface area contributed by atoms with Crippen molar-refractivity contribution < 1.29 is 0 Å². The van der Waals surface area contributed by atoms with Crippen molar-refractivity contribution in [2.45, 2.75) is 43.9 Å². The third kappa shape index (κ3) is 3.69. The number of hydrogen-bond donors (Lipinski definition) is 1. The van der Waals surface area contributed by atoms with Gasteiger partial charge in [-0.25, -0.2) is 0 Å². The first-order valence-electron chi connectivity index (χ1n) is 5.49. The summed E-state index contributed by atoms with van der Waals surface area (Å²) in [6.07, 6.45) is 0. The normalized spacial score (nSPS) is 15.9. The number of halogens is 1. The van der Waals surface area contributed by atoms with Crippen molar-refractivity contribution in [3.63, 3.8) is 0 Å². The van der Waals surface area contributed by atoms with Gasteiger partial charge in [0.1, 0.15) is 0 Å². The summed E-state index contributed by atoms with van der Waals surface area (Å²) < 4.78 is 0. The quantitative estimate of drug-likeness (QED) is 0.822. The van der Waals surface area contributed by atoms with E-state index in [0.29, 0.717) is 5.25 Å². The molecule has 3 heteroatoms. The zero-order chi connectivity index (χ0) is 12.3. The van der Waals surface area contributed by atoms with Crippen molar-refractivity contribution >= 4 is 23.4 Å². The summed E-state index contributed by atoms with van der Waals surface area (Å²) in [5.41, 5.74) is 6.22. The lowest BCUT2D eigenvalue weighted by atomic mass is 9.88. The SMILES string of the molecule is CC(N)C(Sc1ccccc1Cl)C(C)(C)C. The summed E-state index contributed by atoms with van der Waals surface area (Å²) >= 11 is 7.93. The summed E-state index contributed by atoms with van der Waals surface area (Å²) in [5.74, 6) is 0. The molecule has 0 radical (unpaired) electrons. The maximum atomic E-state index is 6.16. The molecule has 0 saturated heterocycles. The topological polar surface area (TPSA) is 26.0 Å². The smallest absolute Gasteiger partial charge is 0.0541 e. The van der Waals surface area contributed by atoms with Crippen LogP contribution in [0.5, 0.6) is 0 Å². The second kappa shape index (κ2) is 5.44. The number of thioether (sulfide) groups is 1. The van der Waals surface area contributed by atoms with E-state index in [1.807, 2.05) is 24.3 Å². The molecule has 1 nitrogen and oxygen atoms in total. The van der Waals surface area contributed by atoms with E-state index in [0.717, 1.165) is 9.92 Å². The molecule has 1 aromatic rings. The second-order valence-electron chi connectivity index (χ2n) is 5.19. The molecular weight excluding hydrogens is 238 g/mol. The minimum atomic E-state index is 0.140. The largest absolute Gasteiger partial charge is 0.327 e. The van der Waals surface area contributed by atoms with Gasteiger partial charge in [0.2, 0.25) is 0 Å². The van der Waals surface area contributed by atoms with Crippen LogP contribution in [0.3, 0.4) is 0 Å². The standard InChI is InChI=1S/C13H20ClNS/c1-9(15)12(13(2,3)4)16-11-8-6-5-7-10(11)14/h5-9,12H,15H2,1-4H3. The lowest BCUT2D eigenvalue weighted by Gasteiger charge is -2.33. The Balaban J connectivity index is 2.89. The predicted molar refractivity (Wildman–Crippen MR) is 74.2 cm³/mol. The van der Waals surface area contributed by atoms with Crippen molar-refractivity contribution in [1.82, 2.24) is 0 Å². The molecule has 90 valence electrons. The van der Waals surface area contributed by atoms with Gasteiger partial charge in [0.05, 0.1) is 5.02 Å². The second-order valence-corrected chi connectivity index (χ2v) is 6.78. The van der Waals surface area contributed by atoms with Crippen LogP contribution in [0.4, 0.5) is 0 Å². The van der Waals surface area contributed by atoms with Gasteiger partial charge >= 0.3 is 0 Å². The first-order chi connectivity index (χ1) is 7.32. The lowest BCUT2D eigenvalue weighted by Crippen LogP contribution is -2.38. The Bertz CT molecular complexity index is 344. The maximum Gasteiger partial charge on any atom is 0.0541 e. The zero-order valence-corrected chi connectivity index (χ0v) is 11.9. The van der Waals surface area contributed by atoms with E-state index in [1.54, 1.807) is 11.8 Å². The third-order valence-corrected chi connectivity index (χ3v) is 4.86. The number of hydrogen-bond acceptors (Lipinski definition) is 2. The average Bonchev–Trinajstić information content (AvgIpc) is 2.14. The van der Waals surface area contributed by atoms with Crippen molar-refractivity contribution in [3.8, 4) is 0 Å². The number of nitrogens with two attached hydrogens (primary N) is 1. The Morgan fingerprint density at radius 2 is 1.81 bits per heavy atom. The Kier molecular flexibility index (Phi) is 4.72. The van der Waals surface area contributed by atoms with E-state index in [4.69, 9.17) is 17.3 Å². The van der Waals surface area contributed by atoms with Crippen LogP contribution in [0.2, 0.25) is 5.02 Å². The highest BCUT2D eigenvalue weighted by atomic mass is 35.5. The van der Waals surface area contributed by atoms with E-state index in [9.17, 15) is 0 Å². The fourth-order valence-electron chi connectivity index (χ4n) is 1.75. The van der Waals surface area contributed by atoms with Crippen LogP contribution >= 0.6 is 23.4 Å². The molecule has 1 aromatic carbocycles. The van der Waals surface area contributed by atoms with Crippen molar-refractivity contribution in [1.29, 1.82) is 0 Å². The van der Waals surface area contributed by atoms with E-state index >= 15 is 0 Å². The molecule has 2 unspecified atom stereocenters. The molecule has 0 fully saturated rings. The highest BCUT2D eigenvalue weighted by molar-refractivity contribution is 8.00. The van der Waals surface area contributed by atoms with Crippen LogP contribution < -0.4 is 5.73 Å². The third-order valence-electron chi connectivity index (χ3n) is 2.42. The van der Waals surface area contributed by atoms with Crippen LogP contribution in [-0.4, -0.2) is 11.3 Å². The summed E-state index contributed by atoms with van der Waals surface area (Å²) in [6, 6.07) is 8.07. The van der Waals surface area contributed by atoms with Gasteiger partial charge in [0, 0.05) is 16.2 Å². The Hall–Kier alpha value is -0.180. The van der Waals surface area contributed by atoms with Crippen LogP contribution in [0.25, 0.3) is 0 Å². The van der Waals surface area contributed by atoms with E-state index in [1.165, 1.54) is 0 Å². The Labute approximate surface area is 108 Å². The summed E-state index contributed by atoms with van der Waals surface area (Å²) in [4.78, 5) is 1.11. The molecular formula is C13H20ClNS. The minimum absolute atomic E-state index is 0.140. The Morgan fingerprint density at radius 1 is 1.25 bits per heavy atom. The molecule has 16 heavy (non-hydrogen) atoms. The van der Waals surface area contributed by atoms with E-state index in [2.05, 4.69) is 27.7 Å². The van der Waals surface area contributed by atoms with Crippen LogP contribution in [0, 0.1) is 5.41 Å². The molecule has 2 atom stereocenters. The van der Waals surface area contributed by atoms with Crippen molar-refractivity contribution in [3.05, 3.63) is 29.3 Å². The van der Waals surface area contributed by atoms with Gasteiger partial charge in [0.25, 0.3) is 0 Å². The van der Waals surface area contributed by atoms with Crippen LogP contribution in [0.15, 0.2) is 29.2 Å². The molecule has 0 aliphatic carbocycles. The molecule has 0 aromatic heterocycles. The maximum absolute atomic E-state index is 6.16. The number of rotatable bonds is 3.